The van der Waals surface area contributed by atoms with Crippen LogP contribution < -0.4 is 0 Å². The molecule has 104 valence electrons. The maximum atomic E-state index is 10.9. The van der Waals surface area contributed by atoms with Gasteiger partial charge >= 0.3 is 11.7 Å². The number of halogens is 1. The number of aromatic nitrogens is 2. The van der Waals surface area contributed by atoms with Crippen LogP contribution in [0.4, 0.5) is 5.69 Å². The molecule has 20 heavy (non-hydrogen) atoms. The molecular formula is C11H8BrN3O5. The molecular weight excluding hydrogens is 334 g/mol. The van der Waals surface area contributed by atoms with E-state index in [-0.39, 0.29) is 10.2 Å². The van der Waals surface area contributed by atoms with Crippen molar-refractivity contribution in [1.82, 2.24) is 9.78 Å². The number of aryl methyl sites for hydroxylation is 1. The van der Waals surface area contributed by atoms with E-state index in [1.165, 1.54) is 23.9 Å². The van der Waals surface area contributed by atoms with Crippen molar-refractivity contribution in [3.8, 4) is 17.0 Å². The minimum Gasteiger partial charge on any atom is -0.501 e. The fourth-order valence-electron chi connectivity index (χ4n) is 1.71. The molecule has 9 heteroatoms. The van der Waals surface area contributed by atoms with Crippen LogP contribution >= 0.6 is 15.9 Å². The summed E-state index contributed by atoms with van der Waals surface area (Å²) in [5.74, 6) is -1.68. The number of aromatic carboxylic acids is 1. The quantitative estimate of drug-likeness (QED) is 0.652. The van der Waals surface area contributed by atoms with E-state index < -0.39 is 22.3 Å². The molecule has 8 nitrogen and oxygen atoms in total. The first-order valence-corrected chi connectivity index (χ1v) is 6.05. The van der Waals surface area contributed by atoms with E-state index in [9.17, 15) is 20.0 Å². The van der Waals surface area contributed by atoms with Gasteiger partial charge in [0, 0.05) is 18.7 Å². The maximum absolute atomic E-state index is 10.9. The van der Waals surface area contributed by atoms with E-state index in [2.05, 4.69) is 21.0 Å². The van der Waals surface area contributed by atoms with Gasteiger partial charge in [-0.3, -0.25) is 14.8 Å². The molecule has 1 aromatic carbocycles. The van der Waals surface area contributed by atoms with Crippen molar-refractivity contribution in [2.75, 3.05) is 0 Å². The Labute approximate surface area is 120 Å². The van der Waals surface area contributed by atoms with Gasteiger partial charge in [-0.2, -0.15) is 5.10 Å². The predicted octanol–water partition coefficient (Wildman–Crippen LogP) is 2.16. The summed E-state index contributed by atoms with van der Waals surface area (Å²) >= 11 is 3.02. The van der Waals surface area contributed by atoms with Gasteiger partial charge < -0.3 is 10.2 Å². The second-order valence-electron chi connectivity index (χ2n) is 3.93. The van der Waals surface area contributed by atoms with Crippen molar-refractivity contribution in [3.63, 3.8) is 0 Å². The molecule has 0 radical (unpaired) electrons. The lowest BCUT2D eigenvalue weighted by Crippen LogP contribution is -1.99. The monoisotopic (exact) mass is 341 g/mol. The van der Waals surface area contributed by atoms with Crippen LogP contribution in [-0.2, 0) is 7.05 Å². The lowest BCUT2D eigenvalue weighted by atomic mass is 10.1. The van der Waals surface area contributed by atoms with Crippen molar-refractivity contribution in [1.29, 1.82) is 0 Å². The van der Waals surface area contributed by atoms with Crippen molar-refractivity contribution in [3.05, 3.63) is 38.5 Å². The SMILES string of the molecule is Cn1nc(C(=O)O)cc1-c1cc(Br)c(O)c([N+](=O)[O-])c1. The fraction of sp³-hybridized carbons (Fsp3) is 0.0909. The standard InChI is InChI=1S/C11H8BrN3O5/c1-14-8(4-7(13-14)11(17)18)5-2-6(12)10(16)9(3-5)15(19)20/h2-4,16H,1H3,(H,17,18). The lowest BCUT2D eigenvalue weighted by Gasteiger charge is -2.05. The molecule has 2 rings (SSSR count). The first kappa shape index (κ1) is 14.0. The Morgan fingerprint density at radius 2 is 2.10 bits per heavy atom. The highest BCUT2D eigenvalue weighted by molar-refractivity contribution is 9.10. The van der Waals surface area contributed by atoms with E-state index in [1.807, 2.05) is 0 Å². The van der Waals surface area contributed by atoms with Crippen LogP contribution in [0.25, 0.3) is 11.3 Å². The highest BCUT2D eigenvalue weighted by atomic mass is 79.9. The van der Waals surface area contributed by atoms with Crippen molar-refractivity contribution >= 4 is 27.6 Å². The van der Waals surface area contributed by atoms with Gasteiger partial charge in [-0.15, -0.1) is 0 Å². The molecule has 1 aromatic heterocycles. The van der Waals surface area contributed by atoms with Gasteiger partial charge in [0.25, 0.3) is 0 Å². The van der Waals surface area contributed by atoms with Crippen molar-refractivity contribution in [2.45, 2.75) is 0 Å². The number of aromatic hydroxyl groups is 1. The van der Waals surface area contributed by atoms with Gasteiger partial charge in [0.05, 0.1) is 15.1 Å². The molecule has 0 atom stereocenters. The Balaban J connectivity index is 2.64. The molecule has 1 heterocycles. The molecule has 0 fully saturated rings. The molecule has 0 saturated heterocycles. The topological polar surface area (TPSA) is 118 Å². The Morgan fingerprint density at radius 1 is 1.45 bits per heavy atom. The van der Waals surface area contributed by atoms with E-state index in [1.54, 1.807) is 0 Å². The van der Waals surface area contributed by atoms with Gasteiger partial charge in [0.15, 0.2) is 5.69 Å². The number of nitro groups is 1. The van der Waals surface area contributed by atoms with Crippen molar-refractivity contribution < 1.29 is 19.9 Å². The first-order chi connectivity index (χ1) is 9.31. The zero-order chi connectivity index (χ0) is 15.0. The van der Waals surface area contributed by atoms with Crippen LogP contribution in [-0.4, -0.2) is 30.9 Å². The van der Waals surface area contributed by atoms with Gasteiger partial charge in [0.1, 0.15) is 0 Å². The number of phenolic OH excluding ortho intramolecular Hbond substituents is 1. The highest BCUT2D eigenvalue weighted by Gasteiger charge is 2.21. The third-order valence-corrected chi connectivity index (χ3v) is 3.24. The number of rotatable bonds is 3. The van der Waals surface area contributed by atoms with E-state index in [4.69, 9.17) is 5.11 Å². The average molecular weight is 342 g/mol. The number of hydrogen-bond donors (Lipinski definition) is 2. The summed E-state index contributed by atoms with van der Waals surface area (Å²) in [6, 6.07) is 3.90. The second-order valence-corrected chi connectivity index (χ2v) is 4.78. The summed E-state index contributed by atoms with van der Waals surface area (Å²) in [6.45, 7) is 0. The largest absolute Gasteiger partial charge is 0.501 e. The number of carboxylic acid groups (broad SMARTS) is 1. The molecule has 0 amide bonds. The van der Waals surface area contributed by atoms with Gasteiger partial charge in [-0.25, -0.2) is 4.79 Å². The van der Waals surface area contributed by atoms with E-state index >= 15 is 0 Å². The maximum Gasteiger partial charge on any atom is 0.356 e. The van der Waals surface area contributed by atoms with Gasteiger partial charge in [0.2, 0.25) is 5.75 Å². The number of benzene rings is 1. The molecule has 0 aliphatic carbocycles. The molecule has 2 N–H and O–H groups in total. The number of nitro benzene ring substituents is 1. The third kappa shape index (κ3) is 2.35. The Kier molecular flexibility index (Phi) is 3.45. The normalized spacial score (nSPS) is 10.5. The number of phenols is 1. The molecule has 0 saturated carbocycles. The van der Waals surface area contributed by atoms with Crippen LogP contribution in [0, 0.1) is 10.1 Å². The summed E-state index contributed by atoms with van der Waals surface area (Å²) in [7, 11) is 1.52. The number of nitrogens with zero attached hydrogens (tertiary/aromatic N) is 3. The minimum atomic E-state index is -1.20. The van der Waals surface area contributed by atoms with Crippen molar-refractivity contribution in [2.24, 2.45) is 7.05 Å². The number of carboxylic acids is 1. The second kappa shape index (κ2) is 4.93. The smallest absolute Gasteiger partial charge is 0.356 e. The molecule has 0 bridgehead atoms. The highest BCUT2D eigenvalue weighted by Crippen LogP contribution is 2.38. The average Bonchev–Trinajstić information content (AvgIpc) is 2.74. The first-order valence-electron chi connectivity index (χ1n) is 5.26. The third-order valence-electron chi connectivity index (χ3n) is 2.63. The number of hydrogen-bond acceptors (Lipinski definition) is 5. The predicted molar refractivity (Wildman–Crippen MR) is 71.6 cm³/mol. The minimum absolute atomic E-state index is 0.139. The molecule has 0 aliphatic heterocycles. The van der Waals surface area contributed by atoms with Crippen LogP contribution in [0.1, 0.15) is 10.5 Å². The summed E-state index contributed by atoms with van der Waals surface area (Å²) in [5.41, 5.74) is 0.0943. The van der Waals surface area contributed by atoms with Crippen LogP contribution in [0.5, 0.6) is 5.75 Å². The summed E-state index contributed by atoms with van der Waals surface area (Å²) < 4.78 is 1.44. The number of carbonyl (C=O) groups is 1. The molecule has 2 aromatic rings. The Morgan fingerprint density at radius 3 is 2.60 bits per heavy atom. The van der Waals surface area contributed by atoms with Crippen LogP contribution in [0.3, 0.4) is 0 Å². The summed E-state index contributed by atoms with van der Waals surface area (Å²) in [4.78, 5) is 21.0. The molecule has 0 unspecified atom stereocenters. The lowest BCUT2D eigenvalue weighted by molar-refractivity contribution is -0.385. The van der Waals surface area contributed by atoms with Gasteiger partial charge in [-0.05, 0) is 28.1 Å². The Bertz CT molecular complexity index is 725. The Hall–Kier alpha value is -2.42. The van der Waals surface area contributed by atoms with Crippen LogP contribution in [0.15, 0.2) is 22.7 Å². The summed E-state index contributed by atoms with van der Waals surface area (Å²) in [5, 5.41) is 33.1. The zero-order valence-corrected chi connectivity index (χ0v) is 11.7. The zero-order valence-electron chi connectivity index (χ0n) is 10.1. The summed E-state index contributed by atoms with van der Waals surface area (Å²) in [6.07, 6.45) is 0. The molecule has 0 spiro atoms. The van der Waals surface area contributed by atoms with Crippen LogP contribution in [0.2, 0.25) is 0 Å². The van der Waals surface area contributed by atoms with E-state index in [0.29, 0.717) is 11.3 Å². The fourth-order valence-corrected chi connectivity index (χ4v) is 2.16. The molecule has 0 aliphatic rings. The van der Waals surface area contributed by atoms with E-state index in [0.717, 1.165) is 6.07 Å². The van der Waals surface area contributed by atoms with Gasteiger partial charge in [-0.1, -0.05) is 0 Å².